The first-order valence-electron chi connectivity index (χ1n) is 10.9. The first-order chi connectivity index (χ1) is 16.4. The molecule has 0 radical (unpaired) electrons. The van der Waals surface area contributed by atoms with Crippen LogP contribution in [0.3, 0.4) is 0 Å². The van der Waals surface area contributed by atoms with Gasteiger partial charge in [0.25, 0.3) is 11.8 Å². The minimum Gasteiger partial charge on any atom is -0.452 e. The Balaban J connectivity index is 1.14. The fourth-order valence-electron chi connectivity index (χ4n) is 4.94. The van der Waals surface area contributed by atoms with Crippen LogP contribution in [0.15, 0.2) is 66.7 Å². The molecule has 2 aromatic rings. The van der Waals surface area contributed by atoms with Crippen LogP contribution in [0, 0.1) is 23.7 Å². The molecule has 1 heterocycles. The summed E-state index contributed by atoms with van der Waals surface area (Å²) in [5.74, 6) is -2.72. The SMILES string of the molecule is O=C(COC(=O)c1ccc(N2C(=O)[C@@H]3[C@H](C2=O)[C@H]2C=C[C@H]3C2)cc1)NNC(=O)c1ccccc1. The van der Waals surface area contributed by atoms with Crippen molar-refractivity contribution in [2.24, 2.45) is 23.7 Å². The molecule has 9 nitrogen and oxygen atoms in total. The number of hydrazine groups is 1. The van der Waals surface area contributed by atoms with Gasteiger partial charge in [-0.25, -0.2) is 4.79 Å². The van der Waals surface area contributed by atoms with E-state index in [2.05, 4.69) is 10.9 Å². The number of rotatable bonds is 5. The molecule has 0 spiro atoms. The summed E-state index contributed by atoms with van der Waals surface area (Å²) < 4.78 is 4.97. The van der Waals surface area contributed by atoms with Gasteiger partial charge in [0.15, 0.2) is 6.61 Å². The van der Waals surface area contributed by atoms with E-state index in [1.54, 1.807) is 30.3 Å². The quantitative estimate of drug-likeness (QED) is 0.303. The summed E-state index contributed by atoms with van der Waals surface area (Å²) in [5, 5.41) is 0. The Labute approximate surface area is 194 Å². The molecule has 3 aliphatic rings. The number of hydrogen-bond donors (Lipinski definition) is 2. The van der Waals surface area contributed by atoms with E-state index >= 15 is 0 Å². The van der Waals surface area contributed by atoms with Gasteiger partial charge in [-0.2, -0.15) is 0 Å². The molecule has 9 heteroatoms. The van der Waals surface area contributed by atoms with Crippen molar-refractivity contribution in [1.29, 1.82) is 0 Å². The number of benzene rings is 2. The van der Waals surface area contributed by atoms with Crippen LogP contribution in [-0.2, 0) is 19.1 Å². The van der Waals surface area contributed by atoms with Crippen molar-refractivity contribution in [2.75, 3.05) is 11.5 Å². The Kier molecular flexibility index (Phi) is 5.45. The van der Waals surface area contributed by atoms with Gasteiger partial charge < -0.3 is 4.74 Å². The van der Waals surface area contributed by atoms with E-state index in [0.29, 0.717) is 11.3 Å². The molecule has 172 valence electrons. The maximum absolute atomic E-state index is 12.9. The van der Waals surface area contributed by atoms with Crippen molar-refractivity contribution >= 4 is 35.3 Å². The van der Waals surface area contributed by atoms with Crippen LogP contribution in [0.1, 0.15) is 27.1 Å². The largest absolute Gasteiger partial charge is 0.452 e. The lowest BCUT2D eigenvalue weighted by Gasteiger charge is -2.17. The number of amides is 4. The van der Waals surface area contributed by atoms with Gasteiger partial charge in [0, 0.05) is 5.56 Å². The number of carbonyl (C=O) groups excluding carboxylic acids is 5. The Hall–Kier alpha value is -4.27. The second-order valence-corrected chi connectivity index (χ2v) is 8.50. The molecule has 5 rings (SSSR count). The number of nitrogens with zero attached hydrogens (tertiary/aromatic N) is 1. The zero-order valence-corrected chi connectivity index (χ0v) is 18.0. The summed E-state index contributed by atoms with van der Waals surface area (Å²) in [7, 11) is 0. The summed E-state index contributed by atoms with van der Waals surface area (Å²) >= 11 is 0. The molecule has 2 N–H and O–H groups in total. The molecule has 34 heavy (non-hydrogen) atoms. The summed E-state index contributed by atoms with van der Waals surface area (Å²) in [6.45, 7) is -0.599. The lowest BCUT2D eigenvalue weighted by atomic mass is 9.85. The third-order valence-corrected chi connectivity index (χ3v) is 6.52. The first-order valence-corrected chi connectivity index (χ1v) is 10.9. The number of fused-ring (bicyclic) bond motifs is 5. The molecule has 2 fully saturated rings. The van der Waals surface area contributed by atoms with Crippen LogP contribution in [0.4, 0.5) is 5.69 Å². The van der Waals surface area contributed by atoms with Gasteiger partial charge >= 0.3 is 5.97 Å². The van der Waals surface area contributed by atoms with Gasteiger partial charge in [-0.1, -0.05) is 30.4 Å². The molecule has 2 aromatic carbocycles. The summed E-state index contributed by atoms with van der Waals surface area (Å²) in [4.78, 5) is 63.1. The highest BCUT2D eigenvalue weighted by Crippen LogP contribution is 2.53. The van der Waals surface area contributed by atoms with E-state index < -0.39 is 24.4 Å². The van der Waals surface area contributed by atoms with Crippen LogP contribution in [-0.4, -0.2) is 36.2 Å². The summed E-state index contributed by atoms with van der Waals surface area (Å²) in [6.07, 6.45) is 4.92. The van der Waals surface area contributed by atoms with Gasteiger partial charge in [-0.05, 0) is 54.7 Å². The number of carbonyl (C=O) groups is 5. The highest BCUT2D eigenvalue weighted by Gasteiger charge is 2.59. The fourth-order valence-corrected chi connectivity index (χ4v) is 4.94. The second kappa shape index (κ2) is 8.58. The molecule has 4 amide bonds. The van der Waals surface area contributed by atoms with Gasteiger partial charge in [-0.3, -0.25) is 34.9 Å². The lowest BCUT2D eigenvalue weighted by molar-refractivity contribution is -0.125. The number of nitrogens with one attached hydrogen (secondary N) is 2. The molecule has 2 aliphatic carbocycles. The van der Waals surface area contributed by atoms with E-state index in [4.69, 9.17) is 4.74 Å². The first kappa shape index (κ1) is 21.6. The van der Waals surface area contributed by atoms with E-state index in [0.717, 1.165) is 6.42 Å². The fraction of sp³-hybridized carbons (Fsp3) is 0.240. The molecular weight excluding hydrogens is 438 g/mol. The van der Waals surface area contributed by atoms with Gasteiger partial charge in [0.2, 0.25) is 11.8 Å². The van der Waals surface area contributed by atoms with E-state index in [1.807, 2.05) is 12.2 Å². The maximum Gasteiger partial charge on any atom is 0.338 e. The Bertz CT molecular complexity index is 1180. The van der Waals surface area contributed by atoms with E-state index in [-0.39, 0.29) is 41.0 Å². The van der Waals surface area contributed by atoms with Crippen molar-refractivity contribution in [2.45, 2.75) is 6.42 Å². The standard InChI is InChI=1S/C25H21N3O6/c29-19(26-27-22(30)14-4-2-1-3-5-14)13-34-25(33)15-8-10-18(11-9-15)28-23(31)20-16-6-7-17(12-16)21(20)24(28)32/h1-11,16-17,20-21H,12-13H2,(H,26,29)(H,27,30)/t16-,17-,20-,21+/m0/s1. The number of ether oxygens (including phenoxy) is 1. The molecule has 1 saturated carbocycles. The number of imide groups is 1. The highest BCUT2D eigenvalue weighted by molar-refractivity contribution is 6.22. The Morgan fingerprint density at radius 1 is 0.824 bits per heavy atom. The van der Waals surface area contributed by atoms with Crippen molar-refractivity contribution in [3.63, 3.8) is 0 Å². The average Bonchev–Trinajstić information content (AvgIpc) is 3.55. The Morgan fingerprint density at radius 3 is 2.06 bits per heavy atom. The van der Waals surface area contributed by atoms with Gasteiger partial charge in [0.1, 0.15) is 0 Å². The minimum atomic E-state index is -0.755. The monoisotopic (exact) mass is 459 g/mol. The molecule has 0 aromatic heterocycles. The second-order valence-electron chi connectivity index (χ2n) is 8.50. The molecule has 1 saturated heterocycles. The lowest BCUT2D eigenvalue weighted by Crippen LogP contribution is -2.43. The number of allylic oxidation sites excluding steroid dienone is 2. The van der Waals surface area contributed by atoms with Crippen LogP contribution in [0.25, 0.3) is 0 Å². The number of anilines is 1. The predicted molar refractivity (Wildman–Crippen MR) is 119 cm³/mol. The molecule has 2 bridgehead atoms. The van der Waals surface area contributed by atoms with Crippen molar-refractivity contribution in [3.05, 3.63) is 77.9 Å². The smallest absolute Gasteiger partial charge is 0.338 e. The third-order valence-electron chi connectivity index (χ3n) is 6.52. The Morgan fingerprint density at radius 2 is 1.44 bits per heavy atom. The van der Waals surface area contributed by atoms with Gasteiger partial charge in [0.05, 0.1) is 23.1 Å². The molecule has 0 unspecified atom stereocenters. The van der Waals surface area contributed by atoms with Crippen molar-refractivity contribution in [3.8, 4) is 0 Å². The van der Waals surface area contributed by atoms with Crippen molar-refractivity contribution < 1.29 is 28.7 Å². The van der Waals surface area contributed by atoms with Crippen LogP contribution in [0.5, 0.6) is 0 Å². The zero-order chi connectivity index (χ0) is 23.8. The molecule has 4 atom stereocenters. The van der Waals surface area contributed by atoms with Crippen LogP contribution in [0.2, 0.25) is 0 Å². The molecular formula is C25H21N3O6. The molecule has 1 aliphatic heterocycles. The minimum absolute atomic E-state index is 0.120. The maximum atomic E-state index is 12.9. The van der Waals surface area contributed by atoms with E-state index in [1.165, 1.54) is 29.2 Å². The average molecular weight is 459 g/mol. The van der Waals surface area contributed by atoms with Crippen LogP contribution >= 0.6 is 0 Å². The van der Waals surface area contributed by atoms with E-state index in [9.17, 15) is 24.0 Å². The zero-order valence-electron chi connectivity index (χ0n) is 18.0. The van der Waals surface area contributed by atoms with Gasteiger partial charge in [-0.15, -0.1) is 0 Å². The summed E-state index contributed by atoms with van der Waals surface area (Å²) in [6, 6.07) is 14.2. The number of hydrogen-bond acceptors (Lipinski definition) is 6. The normalized spacial score (nSPS) is 24.2. The highest BCUT2D eigenvalue weighted by atomic mass is 16.5. The predicted octanol–water partition coefficient (Wildman–Crippen LogP) is 1.62. The topological polar surface area (TPSA) is 122 Å². The van der Waals surface area contributed by atoms with Crippen LogP contribution < -0.4 is 15.8 Å². The van der Waals surface area contributed by atoms with Crippen molar-refractivity contribution in [1.82, 2.24) is 10.9 Å². The third kappa shape index (κ3) is 3.75. The summed E-state index contributed by atoms with van der Waals surface area (Å²) in [5.41, 5.74) is 5.33. The number of esters is 1.